The lowest BCUT2D eigenvalue weighted by molar-refractivity contribution is -0.112. The molecule has 0 aliphatic heterocycles. The summed E-state index contributed by atoms with van der Waals surface area (Å²) >= 11 is 0. The lowest BCUT2D eigenvalue weighted by Crippen LogP contribution is -2.27. The van der Waals surface area contributed by atoms with Gasteiger partial charge >= 0.3 is 6.09 Å². The summed E-state index contributed by atoms with van der Waals surface area (Å²) in [4.78, 5) is 24.9. The van der Waals surface area contributed by atoms with Crippen molar-refractivity contribution in [3.8, 4) is 5.75 Å². The number of nitrogens with one attached hydrogen (secondary N) is 2. The summed E-state index contributed by atoms with van der Waals surface area (Å²) in [5.41, 5.74) is 7.37. The molecule has 0 bridgehead atoms. The Kier molecular flexibility index (Phi) is 8.20. The fourth-order valence-corrected chi connectivity index (χ4v) is 3.08. The molecule has 5 N–H and O–H groups in total. The van der Waals surface area contributed by atoms with Gasteiger partial charge in [-0.1, -0.05) is 36.4 Å². The van der Waals surface area contributed by atoms with Crippen LogP contribution in [0.3, 0.4) is 0 Å². The monoisotopic (exact) mass is 465 g/mol. The lowest BCUT2D eigenvalue weighted by Gasteiger charge is -2.24. The SMILES string of the molecule is CO[C@H](/C=C/C(=O)Nc1ccccc1N)[C@H](OC(=O)Nc1ccccc1)c1ccc(O)c(F)c1. The van der Waals surface area contributed by atoms with Gasteiger partial charge < -0.3 is 25.6 Å². The van der Waals surface area contributed by atoms with E-state index in [2.05, 4.69) is 10.6 Å². The number of para-hydroxylation sites is 3. The van der Waals surface area contributed by atoms with Crippen LogP contribution in [0.4, 0.5) is 26.2 Å². The first-order chi connectivity index (χ1) is 16.4. The van der Waals surface area contributed by atoms with Gasteiger partial charge in [-0.2, -0.15) is 0 Å². The van der Waals surface area contributed by atoms with Gasteiger partial charge in [0.1, 0.15) is 6.10 Å². The van der Waals surface area contributed by atoms with Crippen LogP contribution in [0, 0.1) is 5.82 Å². The average molecular weight is 465 g/mol. The molecule has 8 nitrogen and oxygen atoms in total. The first-order valence-corrected chi connectivity index (χ1v) is 10.2. The Hall–Kier alpha value is -4.37. The van der Waals surface area contributed by atoms with E-state index in [0.717, 1.165) is 12.1 Å². The molecule has 0 aromatic heterocycles. The van der Waals surface area contributed by atoms with Gasteiger partial charge in [0.15, 0.2) is 17.7 Å². The van der Waals surface area contributed by atoms with Crippen molar-refractivity contribution in [1.29, 1.82) is 0 Å². The maximum Gasteiger partial charge on any atom is 0.412 e. The second-order valence-electron chi connectivity index (χ2n) is 7.16. The van der Waals surface area contributed by atoms with E-state index < -0.39 is 35.8 Å². The highest BCUT2D eigenvalue weighted by Gasteiger charge is 2.27. The summed E-state index contributed by atoms with van der Waals surface area (Å²) in [5.74, 6) is -1.95. The van der Waals surface area contributed by atoms with Crippen LogP contribution in [-0.2, 0) is 14.3 Å². The number of amides is 2. The Labute approximate surface area is 195 Å². The van der Waals surface area contributed by atoms with E-state index in [9.17, 15) is 19.1 Å². The number of hydrogen-bond acceptors (Lipinski definition) is 6. The number of nitrogens with two attached hydrogens (primary N) is 1. The number of phenolic OH excluding ortho intramolecular Hbond substituents is 1. The van der Waals surface area contributed by atoms with Gasteiger partial charge in [-0.3, -0.25) is 10.1 Å². The number of carbonyl (C=O) groups excluding carboxylic acids is 2. The van der Waals surface area contributed by atoms with Gasteiger partial charge in [0.2, 0.25) is 5.91 Å². The highest BCUT2D eigenvalue weighted by atomic mass is 19.1. The van der Waals surface area contributed by atoms with Crippen molar-refractivity contribution in [3.05, 3.63) is 96.3 Å². The standard InChI is InChI=1S/C25H24FN3O5/c1-33-22(13-14-23(31)29-20-10-6-5-9-19(20)27)24(16-11-12-21(30)18(26)15-16)34-25(32)28-17-7-3-2-4-8-17/h2-15,22,24,30H,27H2,1H3,(H,28,32)(H,29,31)/b14-13+/t22-,24-/m1/s1. The number of methoxy groups -OCH3 is 1. The Morgan fingerprint density at radius 2 is 1.74 bits per heavy atom. The fraction of sp³-hybridized carbons (Fsp3) is 0.120. The molecule has 3 aromatic carbocycles. The van der Waals surface area contributed by atoms with E-state index >= 15 is 0 Å². The third-order valence-corrected chi connectivity index (χ3v) is 4.78. The minimum Gasteiger partial charge on any atom is -0.505 e. The van der Waals surface area contributed by atoms with E-state index in [1.165, 1.54) is 25.3 Å². The van der Waals surface area contributed by atoms with Crippen LogP contribution in [-0.4, -0.2) is 30.3 Å². The first-order valence-electron chi connectivity index (χ1n) is 10.2. The van der Waals surface area contributed by atoms with Gasteiger partial charge in [0, 0.05) is 18.9 Å². The number of halogens is 1. The third-order valence-electron chi connectivity index (χ3n) is 4.78. The Morgan fingerprint density at radius 1 is 1.03 bits per heavy atom. The average Bonchev–Trinajstić information content (AvgIpc) is 2.82. The topological polar surface area (TPSA) is 123 Å². The Bertz CT molecular complexity index is 1170. The van der Waals surface area contributed by atoms with Crippen molar-refractivity contribution in [1.82, 2.24) is 0 Å². The number of nitrogen functional groups attached to an aromatic ring is 1. The number of ether oxygens (including phenoxy) is 2. The van der Waals surface area contributed by atoms with E-state index in [-0.39, 0.29) is 5.56 Å². The van der Waals surface area contributed by atoms with Gasteiger partial charge in [0.05, 0.1) is 11.4 Å². The van der Waals surface area contributed by atoms with Crippen LogP contribution in [0.2, 0.25) is 0 Å². The minimum atomic E-state index is -1.14. The summed E-state index contributed by atoms with van der Waals surface area (Å²) in [7, 11) is 1.35. The van der Waals surface area contributed by atoms with Crippen LogP contribution in [0.25, 0.3) is 0 Å². The molecule has 0 unspecified atom stereocenters. The van der Waals surface area contributed by atoms with Crippen molar-refractivity contribution < 1.29 is 28.6 Å². The summed E-state index contributed by atoms with van der Waals surface area (Å²) in [5, 5.41) is 14.7. The van der Waals surface area contributed by atoms with Gasteiger partial charge in [-0.05, 0) is 48.0 Å². The number of rotatable bonds is 8. The number of hydrogen-bond donors (Lipinski definition) is 4. The largest absolute Gasteiger partial charge is 0.505 e. The summed E-state index contributed by atoms with van der Waals surface area (Å²) in [6.07, 6.45) is -0.358. The molecule has 0 heterocycles. The van der Waals surface area contributed by atoms with E-state index in [1.807, 2.05) is 0 Å². The van der Waals surface area contributed by atoms with Crippen LogP contribution in [0.15, 0.2) is 84.9 Å². The second-order valence-corrected chi connectivity index (χ2v) is 7.16. The van der Waals surface area contributed by atoms with Gasteiger partial charge in [-0.25, -0.2) is 9.18 Å². The smallest absolute Gasteiger partial charge is 0.412 e. The number of anilines is 3. The normalized spacial score (nSPS) is 12.6. The Morgan fingerprint density at radius 3 is 2.41 bits per heavy atom. The third kappa shape index (κ3) is 6.57. The molecule has 0 aliphatic carbocycles. The number of benzene rings is 3. The second kappa shape index (κ2) is 11.5. The van der Waals surface area contributed by atoms with Crippen molar-refractivity contribution in [2.45, 2.75) is 12.2 Å². The maximum atomic E-state index is 14.0. The molecular weight excluding hydrogens is 441 g/mol. The molecule has 3 rings (SSSR count). The van der Waals surface area contributed by atoms with Gasteiger partial charge in [-0.15, -0.1) is 0 Å². The summed E-state index contributed by atoms with van der Waals surface area (Å²) in [6.45, 7) is 0. The molecule has 2 atom stereocenters. The zero-order chi connectivity index (χ0) is 24.5. The van der Waals surface area contributed by atoms with E-state index in [0.29, 0.717) is 17.1 Å². The van der Waals surface area contributed by atoms with E-state index in [1.54, 1.807) is 54.6 Å². The first kappa shape index (κ1) is 24.3. The predicted octanol–water partition coefficient (Wildman–Crippen LogP) is 4.61. The van der Waals surface area contributed by atoms with Gasteiger partial charge in [0.25, 0.3) is 0 Å². The molecule has 0 aliphatic rings. The molecule has 9 heteroatoms. The molecule has 176 valence electrons. The zero-order valence-corrected chi connectivity index (χ0v) is 18.3. The Balaban J connectivity index is 1.81. The number of phenols is 1. The minimum absolute atomic E-state index is 0.211. The van der Waals surface area contributed by atoms with Crippen LogP contribution >= 0.6 is 0 Å². The van der Waals surface area contributed by atoms with Crippen LogP contribution < -0.4 is 16.4 Å². The lowest BCUT2D eigenvalue weighted by atomic mass is 10.0. The van der Waals surface area contributed by atoms with Crippen LogP contribution in [0.5, 0.6) is 5.75 Å². The quantitative estimate of drug-likeness (QED) is 0.285. The highest BCUT2D eigenvalue weighted by molar-refractivity contribution is 6.01. The predicted molar refractivity (Wildman–Crippen MR) is 127 cm³/mol. The van der Waals surface area contributed by atoms with Crippen molar-refractivity contribution in [2.75, 3.05) is 23.5 Å². The fourth-order valence-electron chi connectivity index (χ4n) is 3.08. The van der Waals surface area contributed by atoms with Crippen LogP contribution in [0.1, 0.15) is 11.7 Å². The maximum absolute atomic E-state index is 14.0. The zero-order valence-electron chi connectivity index (χ0n) is 18.3. The summed E-state index contributed by atoms with van der Waals surface area (Å²) < 4.78 is 25.0. The number of aromatic hydroxyl groups is 1. The number of carbonyl (C=O) groups is 2. The summed E-state index contributed by atoms with van der Waals surface area (Å²) in [6, 6.07) is 18.9. The molecule has 0 saturated heterocycles. The van der Waals surface area contributed by atoms with Crippen molar-refractivity contribution in [2.24, 2.45) is 0 Å². The molecule has 0 spiro atoms. The molecule has 0 fully saturated rings. The molecule has 0 radical (unpaired) electrons. The molecule has 0 saturated carbocycles. The molecule has 3 aromatic rings. The van der Waals surface area contributed by atoms with Crippen molar-refractivity contribution >= 4 is 29.1 Å². The van der Waals surface area contributed by atoms with E-state index in [4.69, 9.17) is 15.2 Å². The van der Waals surface area contributed by atoms with Crippen molar-refractivity contribution in [3.63, 3.8) is 0 Å². The molecule has 2 amide bonds. The molecular formula is C25H24FN3O5. The molecule has 34 heavy (non-hydrogen) atoms. The highest BCUT2D eigenvalue weighted by Crippen LogP contribution is 2.28.